The van der Waals surface area contributed by atoms with E-state index in [1.54, 1.807) is 7.11 Å². The molecular formula is C18H19N3O. The van der Waals surface area contributed by atoms with Gasteiger partial charge in [-0.15, -0.1) is 0 Å². The third-order valence-electron chi connectivity index (χ3n) is 3.79. The van der Waals surface area contributed by atoms with Gasteiger partial charge in [0.25, 0.3) is 0 Å². The summed E-state index contributed by atoms with van der Waals surface area (Å²) in [5.74, 6) is 0.870. The fourth-order valence-corrected chi connectivity index (χ4v) is 2.65. The number of hydrogen-bond acceptors (Lipinski definition) is 3. The van der Waals surface area contributed by atoms with Crippen LogP contribution in [0.25, 0.3) is 11.3 Å². The molecule has 0 fully saturated rings. The van der Waals surface area contributed by atoms with Gasteiger partial charge in [0.2, 0.25) is 0 Å². The smallest absolute Gasteiger partial charge is 0.122 e. The van der Waals surface area contributed by atoms with Crippen molar-refractivity contribution in [3.63, 3.8) is 0 Å². The molecule has 3 rings (SSSR count). The zero-order valence-electron chi connectivity index (χ0n) is 12.5. The van der Waals surface area contributed by atoms with Gasteiger partial charge < -0.3 is 10.5 Å². The summed E-state index contributed by atoms with van der Waals surface area (Å²) < 4.78 is 5.45. The second kappa shape index (κ2) is 6.45. The molecule has 0 radical (unpaired) electrons. The number of aromatic nitrogens is 2. The van der Waals surface area contributed by atoms with Crippen LogP contribution < -0.4 is 10.5 Å². The van der Waals surface area contributed by atoms with E-state index in [1.165, 1.54) is 0 Å². The van der Waals surface area contributed by atoms with Crippen molar-refractivity contribution >= 4 is 0 Å². The van der Waals surface area contributed by atoms with E-state index in [1.807, 2.05) is 54.6 Å². The van der Waals surface area contributed by atoms with Gasteiger partial charge in [-0.3, -0.25) is 5.10 Å². The number of rotatable bonds is 5. The highest BCUT2D eigenvalue weighted by Gasteiger charge is 2.19. The van der Waals surface area contributed by atoms with Crippen LogP contribution in [-0.2, 0) is 0 Å². The van der Waals surface area contributed by atoms with E-state index < -0.39 is 0 Å². The topological polar surface area (TPSA) is 63.9 Å². The van der Waals surface area contributed by atoms with Crippen molar-refractivity contribution in [2.45, 2.75) is 5.92 Å². The Bertz CT molecular complexity index is 737. The van der Waals surface area contributed by atoms with Crippen LogP contribution in [0.1, 0.15) is 17.2 Å². The maximum atomic E-state index is 6.01. The van der Waals surface area contributed by atoms with Gasteiger partial charge in [0, 0.05) is 29.3 Å². The molecule has 0 aliphatic carbocycles. The molecule has 1 atom stereocenters. The van der Waals surface area contributed by atoms with E-state index in [2.05, 4.69) is 16.3 Å². The second-order valence-corrected chi connectivity index (χ2v) is 5.10. The average molecular weight is 293 g/mol. The minimum absolute atomic E-state index is 0.0288. The Balaban J connectivity index is 1.97. The monoisotopic (exact) mass is 293 g/mol. The first-order chi connectivity index (χ1) is 10.8. The number of para-hydroxylation sites is 1. The number of nitrogens with zero attached hydrogens (tertiary/aromatic N) is 1. The fourth-order valence-electron chi connectivity index (χ4n) is 2.65. The summed E-state index contributed by atoms with van der Waals surface area (Å²) in [6.45, 7) is 0.483. The lowest BCUT2D eigenvalue weighted by Crippen LogP contribution is -2.15. The first-order valence-corrected chi connectivity index (χ1v) is 7.27. The Hall–Kier alpha value is -2.59. The summed E-state index contributed by atoms with van der Waals surface area (Å²) in [6.07, 6.45) is 0. The number of ether oxygens (including phenoxy) is 1. The van der Waals surface area contributed by atoms with Crippen LogP contribution in [0.4, 0.5) is 0 Å². The molecule has 1 aromatic heterocycles. The molecule has 112 valence electrons. The van der Waals surface area contributed by atoms with E-state index in [9.17, 15) is 0 Å². The van der Waals surface area contributed by atoms with E-state index in [0.29, 0.717) is 6.54 Å². The lowest BCUT2D eigenvalue weighted by Gasteiger charge is -2.16. The zero-order chi connectivity index (χ0) is 15.4. The van der Waals surface area contributed by atoms with Crippen LogP contribution in [0.15, 0.2) is 60.7 Å². The SMILES string of the molecule is COc1ccccc1C(CN)c1cc(-c2ccccc2)n[nH]1. The normalized spacial score (nSPS) is 12.1. The Morgan fingerprint density at radius 2 is 1.82 bits per heavy atom. The van der Waals surface area contributed by atoms with E-state index >= 15 is 0 Å². The van der Waals surface area contributed by atoms with E-state index in [-0.39, 0.29) is 5.92 Å². The number of hydrogen-bond donors (Lipinski definition) is 2. The number of H-pyrrole nitrogens is 1. The molecular weight excluding hydrogens is 274 g/mol. The highest BCUT2D eigenvalue weighted by Crippen LogP contribution is 2.31. The lowest BCUT2D eigenvalue weighted by molar-refractivity contribution is 0.407. The average Bonchev–Trinajstić information content (AvgIpc) is 3.07. The Morgan fingerprint density at radius 3 is 2.55 bits per heavy atom. The van der Waals surface area contributed by atoms with Gasteiger partial charge in [0.15, 0.2) is 0 Å². The van der Waals surface area contributed by atoms with Gasteiger partial charge >= 0.3 is 0 Å². The summed E-state index contributed by atoms with van der Waals surface area (Å²) >= 11 is 0. The molecule has 0 saturated carbocycles. The van der Waals surface area contributed by atoms with Crippen LogP contribution in [0.3, 0.4) is 0 Å². The summed E-state index contributed by atoms with van der Waals surface area (Å²) in [6, 6.07) is 20.1. The highest BCUT2D eigenvalue weighted by atomic mass is 16.5. The molecule has 1 heterocycles. The van der Waals surface area contributed by atoms with Crippen molar-refractivity contribution in [3.8, 4) is 17.0 Å². The van der Waals surface area contributed by atoms with Gasteiger partial charge in [-0.25, -0.2) is 0 Å². The molecule has 0 aliphatic heterocycles. The van der Waals surface area contributed by atoms with E-state index in [4.69, 9.17) is 10.5 Å². The molecule has 0 spiro atoms. The van der Waals surface area contributed by atoms with Gasteiger partial charge in [-0.1, -0.05) is 48.5 Å². The van der Waals surface area contributed by atoms with Crippen molar-refractivity contribution in [2.75, 3.05) is 13.7 Å². The van der Waals surface area contributed by atoms with Crippen LogP contribution in [0, 0.1) is 0 Å². The Kier molecular flexibility index (Phi) is 4.21. The van der Waals surface area contributed by atoms with Crippen LogP contribution in [0.2, 0.25) is 0 Å². The molecule has 22 heavy (non-hydrogen) atoms. The van der Waals surface area contributed by atoms with Gasteiger partial charge in [0.1, 0.15) is 5.75 Å². The largest absolute Gasteiger partial charge is 0.496 e. The molecule has 0 saturated heterocycles. The van der Waals surface area contributed by atoms with Crippen molar-refractivity contribution in [1.82, 2.24) is 10.2 Å². The standard InChI is InChI=1S/C18H19N3O/c1-22-18-10-6-5-9-14(18)15(12-19)17-11-16(20-21-17)13-7-3-2-4-8-13/h2-11,15H,12,19H2,1H3,(H,20,21). The predicted molar refractivity (Wildman–Crippen MR) is 87.9 cm³/mol. The molecule has 4 nitrogen and oxygen atoms in total. The maximum absolute atomic E-state index is 6.01. The van der Waals surface area contributed by atoms with Crippen LogP contribution >= 0.6 is 0 Å². The van der Waals surface area contributed by atoms with Gasteiger partial charge in [-0.05, 0) is 12.1 Å². The molecule has 2 aromatic carbocycles. The van der Waals surface area contributed by atoms with Gasteiger partial charge in [0.05, 0.1) is 12.8 Å². The number of nitrogens with two attached hydrogens (primary N) is 1. The molecule has 3 aromatic rings. The third kappa shape index (κ3) is 2.73. The quantitative estimate of drug-likeness (QED) is 0.759. The van der Waals surface area contributed by atoms with Crippen molar-refractivity contribution in [3.05, 3.63) is 71.9 Å². The molecule has 4 heteroatoms. The van der Waals surface area contributed by atoms with Crippen LogP contribution in [-0.4, -0.2) is 23.9 Å². The first-order valence-electron chi connectivity index (χ1n) is 7.27. The Morgan fingerprint density at radius 1 is 1.09 bits per heavy atom. The number of methoxy groups -OCH3 is 1. The Labute approximate surface area is 129 Å². The molecule has 0 bridgehead atoms. The summed E-state index contributed by atoms with van der Waals surface area (Å²) in [5.41, 5.74) is 10.1. The maximum Gasteiger partial charge on any atom is 0.122 e. The number of benzene rings is 2. The molecule has 3 N–H and O–H groups in total. The molecule has 1 unspecified atom stereocenters. The summed E-state index contributed by atoms with van der Waals surface area (Å²) in [4.78, 5) is 0. The summed E-state index contributed by atoms with van der Waals surface area (Å²) in [5, 5.41) is 7.53. The minimum atomic E-state index is 0.0288. The van der Waals surface area contributed by atoms with Crippen molar-refractivity contribution < 1.29 is 4.74 Å². The number of nitrogens with one attached hydrogen (secondary N) is 1. The molecule has 0 aliphatic rings. The van der Waals surface area contributed by atoms with Crippen molar-refractivity contribution in [1.29, 1.82) is 0 Å². The lowest BCUT2D eigenvalue weighted by atomic mass is 9.94. The second-order valence-electron chi connectivity index (χ2n) is 5.10. The van der Waals surface area contributed by atoms with Crippen LogP contribution in [0.5, 0.6) is 5.75 Å². The number of aromatic amines is 1. The third-order valence-corrected chi connectivity index (χ3v) is 3.79. The minimum Gasteiger partial charge on any atom is -0.496 e. The highest BCUT2D eigenvalue weighted by molar-refractivity contribution is 5.59. The van der Waals surface area contributed by atoms with E-state index in [0.717, 1.165) is 28.3 Å². The van der Waals surface area contributed by atoms with Gasteiger partial charge in [-0.2, -0.15) is 5.10 Å². The fraction of sp³-hybridized carbons (Fsp3) is 0.167. The van der Waals surface area contributed by atoms with Crippen molar-refractivity contribution in [2.24, 2.45) is 5.73 Å². The summed E-state index contributed by atoms with van der Waals surface area (Å²) in [7, 11) is 1.68. The zero-order valence-corrected chi connectivity index (χ0v) is 12.5. The first kappa shape index (κ1) is 14.4. The predicted octanol–water partition coefficient (Wildman–Crippen LogP) is 3.18. The molecule has 0 amide bonds.